The van der Waals surface area contributed by atoms with E-state index in [0.29, 0.717) is 17.2 Å². The van der Waals surface area contributed by atoms with Gasteiger partial charge < -0.3 is 10.4 Å². The van der Waals surface area contributed by atoms with Crippen molar-refractivity contribution in [3.8, 4) is 0 Å². The van der Waals surface area contributed by atoms with E-state index in [1.807, 2.05) is 23.1 Å². The first-order valence-electron chi connectivity index (χ1n) is 6.88. The lowest BCUT2D eigenvalue weighted by Gasteiger charge is -2.28. The zero-order valence-electron chi connectivity index (χ0n) is 10.8. The highest BCUT2D eigenvalue weighted by Gasteiger charge is 2.28. The van der Waals surface area contributed by atoms with E-state index >= 15 is 0 Å². The van der Waals surface area contributed by atoms with E-state index in [9.17, 15) is 5.11 Å². The molecule has 1 aromatic heterocycles. The molecule has 0 bridgehead atoms. The Hall–Kier alpha value is -0.0300. The minimum atomic E-state index is -0.0469. The van der Waals surface area contributed by atoms with E-state index in [2.05, 4.69) is 23.7 Å². The summed E-state index contributed by atoms with van der Waals surface area (Å²) in [6.07, 6.45) is 4.34. The van der Waals surface area contributed by atoms with Crippen LogP contribution in [0.4, 0.5) is 0 Å². The summed E-state index contributed by atoms with van der Waals surface area (Å²) in [5, 5.41) is 16.2. The van der Waals surface area contributed by atoms with Crippen molar-refractivity contribution in [2.24, 2.45) is 5.92 Å². The van der Waals surface area contributed by atoms with Gasteiger partial charge in [0.05, 0.1) is 10.3 Å². The first kappa shape index (κ1) is 13.0. The lowest BCUT2D eigenvalue weighted by atomic mass is 10.0. The quantitative estimate of drug-likeness (QED) is 0.891. The lowest BCUT2D eigenvalue weighted by Crippen LogP contribution is -2.30. The van der Waals surface area contributed by atoms with Crippen molar-refractivity contribution in [1.29, 1.82) is 0 Å². The van der Waals surface area contributed by atoms with Crippen LogP contribution in [0.5, 0.6) is 0 Å². The van der Waals surface area contributed by atoms with Gasteiger partial charge in [0.2, 0.25) is 0 Å². The summed E-state index contributed by atoms with van der Waals surface area (Å²) < 4.78 is 1.50. The second-order valence-electron chi connectivity index (χ2n) is 5.62. The minimum absolute atomic E-state index is 0.0469. The topological polar surface area (TPSA) is 32.3 Å². The average molecular weight is 283 g/mol. The Morgan fingerprint density at radius 2 is 2.28 bits per heavy atom. The molecular weight excluding hydrogens is 262 g/mol. The number of hydrogen-bond donors (Lipinski definition) is 2. The Morgan fingerprint density at radius 3 is 3.06 bits per heavy atom. The standard InChI is InChI=1S/C14H21NOS2/c1-9-6-13(12-4-5-17-14(12)18-9)15-8-10-2-3-11(16)7-10/h4-5,9-11,13,15-16H,2-3,6-8H2,1H3/t9-,10?,11?,13?/m0/s1. The molecule has 1 saturated carbocycles. The van der Waals surface area contributed by atoms with Crippen LogP contribution in [-0.2, 0) is 0 Å². The zero-order chi connectivity index (χ0) is 12.5. The van der Waals surface area contributed by atoms with Gasteiger partial charge in [-0.3, -0.25) is 0 Å². The van der Waals surface area contributed by atoms with Gasteiger partial charge in [0.25, 0.3) is 0 Å². The third kappa shape index (κ3) is 2.77. The summed E-state index contributed by atoms with van der Waals surface area (Å²) in [6.45, 7) is 3.38. The molecule has 100 valence electrons. The molecular formula is C14H21NOS2. The fraction of sp³-hybridized carbons (Fsp3) is 0.714. The van der Waals surface area contributed by atoms with Gasteiger partial charge in [0, 0.05) is 11.3 Å². The maximum atomic E-state index is 9.57. The number of aliphatic hydroxyl groups excluding tert-OH is 1. The van der Waals surface area contributed by atoms with Crippen molar-refractivity contribution in [2.75, 3.05) is 6.54 Å². The minimum Gasteiger partial charge on any atom is -0.393 e. The Morgan fingerprint density at radius 1 is 1.39 bits per heavy atom. The summed E-state index contributed by atoms with van der Waals surface area (Å²) in [5.41, 5.74) is 1.50. The number of aliphatic hydroxyl groups is 1. The highest BCUT2D eigenvalue weighted by Crippen LogP contribution is 2.43. The van der Waals surface area contributed by atoms with Gasteiger partial charge in [-0.05, 0) is 55.2 Å². The Bertz CT molecular complexity index is 406. The van der Waals surface area contributed by atoms with E-state index in [1.165, 1.54) is 22.6 Å². The molecule has 0 spiro atoms. The third-order valence-electron chi connectivity index (χ3n) is 4.08. The van der Waals surface area contributed by atoms with Gasteiger partial charge in [0.15, 0.2) is 0 Å². The van der Waals surface area contributed by atoms with E-state index in [1.54, 1.807) is 0 Å². The predicted octanol–water partition coefficient (Wildman–Crippen LogP) is 3.42. The molecule has 1 fully saturated rings. The van der Waals surface area contributed by atoms with Crippen LogP contribution in [0, 0.1) is 5.92 Å². The zero-order valence-corrected chi connectivity index (χ0v) is 12.4. The molecule has 2 nitrogen and oxygen atoms in total. The second-order valence-corrected chi connectivity index (χ2v) is 8.24. The van der Waals surface area contributed by atoms with Crippen LogP contribution < -0.4 is 5.32 Å². The number of nitrogens with one attached hydrogen (secondary N) is 1. The van der Waals surface area contributed by atoms with E-state index in [0.717, 1.165) is 19.4 Å². The molecule has 0 amide bonds. The molecule has 0 saturated heterocycles. The Kier molecular flexibility index (Phi) is 3.99. The molecule has 1 aliphatic carbocycles. The van der Waals surface area contributed by atoms with Crippen LogP contribution in [-0.4, -0.2) is 23.0 Å². The van der Waals surface area contributed by atoms with Crippen LogP contribution in [0.2, 0.25) is 0 Å². The molecule has 4 atom stereocenters. The second kappa shape index (κ2) is 5.53. The Labute approximate surface area is 117 Å². The summed E-state index contributed by atoms with van der Waals surface area (Å²) in [7, 11) is 0. The molecule has 2 aliphatic rings. The smallest absolute Gasteiger partial charge is 0.0649 e. The van der Waals surface area contributed by atoms with Crippen LogP contribution in [0.3, 0.4) is 0 Å². The summed E-state index contributed by atoms with van der Waals surface area (Å²) >= 11 is 3.89. The highest BCUT2D eigenvalue weighted by molar-refractivity contribution is 8.01. The number of rotatable bonds is 3. The van der Waals surface area contributed by atoms with Gasteiger partial charge in [0.1, 0.15) is 0 Å². The van der Waals surface area contributed by atoms with Gasteiger partial charge in [-0.15, -0.1) is 23.1 Å². The van der Waals surface area contributed by atoms with Gasteiger partial charge >= 0.3 is 0 Å². The summed E-state index contributed by atoms with van der Waals surface area (Å²) in [4.78, 5) is 0. The molecule has 2 N–H and O–H groups in total. The Balaban J connectivity index is 1.60. The number of hydrogen-bond acceptors (Lipinski definition) is 4. The first-order chi connectivity index (χ1) is 8.72. The lowest BCUT2D eigenvalue weighted by molar-refractivity contribution is 0.177. The summed E-state index contributed by atoms with van der Waals surface area (Å²) in [6, 6.07) is 2.81. The molecule has 1 aromatic rings. The van der Waals surface area contributed by atoms with E-state index in [4.69, 9.17) is 0 Å². The third-order valence-corrected chi connectivity index (χ3v) is 6.42. The summed E-state index contributed by atoms with van der Waals surface area (Å²) in [5.74, 6) is 0.673. The van der Waals surface area contributed by atoms with Crippen molar-refractivity contribution < 1.29 is 5.11 Å². The SMILES string of the molecule is C[C@H]1CC(NCC2CCC(O)C2)c2ccsc2S1. The number of fused-ring (bicyclic) bond motifs is 1. The molecule has 3 rings (SSSR count). The number of thiophene rings is 1. The fourth-order valence-corrected chi connectivity index (χ4v) is 5.65. The van der Waals surface area contributed by atoms with Crippen LogP contribution in [0.15, 0.2) is 15.7 Å². The molecule has 1 aliphatic heterocycles. The molecule has 2 heterocycles. The predicted molar refractivity (Wildman–Crippen MR) is 78.3 cm³/mol. The molecule has 4 heteroatoms. The van der Waals surface area contributed by atoms with Gasteiger partial charge in [-0.1, -0.05) is 6.92 Å². The van der Waals surface area contributed by atoms with Crippen molar-refractivity contribution in [3.63, 3.8) is 0 Å². The maximum absolute atomic E-state index is 9.57. The fourth-order valence-electron chi connectivity index (χ4n) is 3.09. The molecule has 0 radical (unpaired) electrons. The first-order valence-corrected chi connectivity index (χ1v) is 8.64. The molecule has 18 heavy (non-hydrogen) atoms. The van der Waals surface area contributed by atoms with Crippen molar-refractivity contribution in [3.05, 3.63) is 17.0 Å². The normalized spacial score (nSPS) is 35.7. The largest absolute Gasteiger partial charge is 0.393 e. The van der Waals surface area contributed by atoms with Crippen molar-refractivity contribution in [2.45, 2.75) is 54.2 Å². The maximum Gasteiger partial charge on any atom is 0.0649 e. The average Bonchev–Trinajstić information content (AvgIpc) is 2.94. The van der Waals surface area contributed by atoms with Crippen LogP contribution in [0.1, 0.15) is 44.2 Å². The highest BCUT2D eigenvalue weighted by atomic mass is 32.2. The monoisotopic (exact) mass is 283 g/mol. The van der Waals surface area contributed by atoms with Gasteiger partial charge in [-0.25, -0.2) is 0 Å². The van der Waals surface area contributed by atoms with E-state index < -0.39 is 0 Å². The molecule has 3 unspecified atom stereocenters. The van der Waals surface area contributed by atoms with E-state index in [-0.39, 0.29) is 6.10 Å². The molecule has 0 aromatic carbocycles. The van der Waals surface area contributed by atoms with Crippen LogP contribution in [0.25, 0.3) is 0 Å². The van der Waals surface area contributed by atoms with Crippen LogP contribution >= 0.6 is 23.1 Å². The van der Waals surface area contributed by atoms with Crippen molar-refractivity contribution >= 4 is 23.1 Å². The number of thioether (sulfide) groups is 1. The van der Waals surface area contributed by atoms with Gasteiger partial charge in [-0.2, -0.15) is 0 Å². The van der Waals surface area contributed by atoms with Crippen molar-refractivity contribution in [1.82, 2.24) is 5.32 Å².